The number of aliphatic carboxylic acids is 1. The minimum atomic E-state index is -1.10. The van der Waals surface area contributed by atoms with Crippen LogP contribution >= 0.6 is 0 Å². The van der Waals surface area contributed by atoms with Gasteiger partial charge in [0.15, 0.2) is 6.10 Å². The van der Waals surface area contributed by atoms with E-state index in [1.165, 1.54) is 0 Å². The Balaban J connectivity index is 2.11. The van der Waals surface area contributed by atoms with Crippen molar-refractivity contribution in [1.82, 2.24) is 0 Å². The smallest absolute Gasteiger partial charge is 0.335 e. The number of carboxylic acids is 1. The van der Waals surface area contributed by atoms with E-state index >= 15 is 0 Å². The lowest BCUT2D eigenvalue weighted by atomic mass is 10.0. The number of carbonyl (C=O) groups is 1. The summed E-state index contributed by atoms with van der Waals surface area (Å²) in [5.74, 6) is -1.10. The lowest BCUT2D eigenvalue weighted by molar-refractivity contribution is -0.322. The van der Waals surface area contributed by atoms with E-state index in [2.05, 4.69) is 0 Å². The van der Waals surface area contributed by atoms with Crippen molar-refractivity contribution < 1.29 is 34.0 Å². The maximum Gasteiger partial charge on any atom is 0.335 e. The molecular formula is C8H12O7. The Labute approximate surface area is 85.5 Å². The van der Waals surface area contributed by atoms with Crippen LogP contribution in [-0.4, -0.2) is 60.8 Å². The van der Waals surface area contributed by atoms with Crippen molar-refractivity contribution >= 4 is 5.97 Å². The van der Waals surface area contributed by atoms with Crippen molar-refractivity contribution in [1.29, 1.82) is 0 Å². The van der Waals surface area contributed by atoms with Crippen molar-refractivity contribution in [3.63, 3.8) is 0 Å². The summed E-state index contributed by atoms with van der Waals surface area (Å²) < 4.78 is 20.3. The van der Waals surface area contributed by atoms with Gasteiger partial charge in [0.25, 0.3) is 0 Å². The fourth-order valence-corrected chi connectivity index (χ4v) is 1.72. The van der Waals surface area contributed by atoms with Gasteiger partial charge in [0.2, 0.25) is 0 Å². The van der Waals surface area contributed by atoms with Gasteiger partial charge in [-0.15, -0.1) is 0 Å². The van der Waals surface area contributed by atoms with Gasteiger partial charge in [0.05, 0.1) is 6.61 Å². The zero-order valence-corrected chi connectivity index (χ0v) is 7.87. The molecule has 2 aliphatic rings. The maximum atomic E-state index is 10.8. The fourth-order valence-electron chi connectivity index (χ4n) is 1.72. The molecule has 2 heterocycles. The van der Waals surface area contributed by atoms with E-state index in [-0.39, 0.29) is 20.2 Å². The predicted molar refractivity (Wildman–Crippen MR) is 43.9 cm³/mol. The molecule has 7 nitrogen and oxygen atoms in total. The molecule has 0 radical (unpaired) electrons. The van der Waals surface area contributed by atoms with Gasteiger partial charge in [-0.25, -0.2) is 4.79 Å². The Morgan fingerprint density at radius 2 is 1.80 bits per heavy atom. The van der Waals surface area contributed by atoms with Crippen LogP contribution in [0.2, 0.25) is 0 Å². The van der Waals surface area contributed by atoms with E-state index in [4.69, 9.17) is 29.2 Å². The largest absolute Gasteiger partial charge is 0.479 e. The number of aliphatic hydroxyl groups excluding tert-OH is 1. The predicted octanol–water partition coefficient (Wildman–Crippen LogP) is -1.45. The third-order valence-electron chi connectivity index (χ3n) is 2.46. The molecule has 0 saturated carbocycles. The number of aliphatic hydroxyl groups is 1. The van der Waals surface area contributed by atoms with Gasteiger partial charge in [0.1, 0.15) is 31.9 Å². The second-order valence-corrected chi connectivity index (χ2v) is 3.31. The topological polar surface area (TPSA) is 94.5 Å². The Kier molecular flexibility index (Phi) is 3.17. The summed E-state index contributed by atoms with van der Waals surface area (Å²) in [6.45, 7) is -0.443. The van der Waals surface area contributed by atoms with Gasteiger partial charge < -0.3 is 29.2 Å². The standard InChI is InChI=1S/C8H12O7/c9-1-4-5-6(14-2-12-4)7(8(10)11)15-3-13-5/h4-7,9H,1-3H2,(H,10,11). The van der Waals surface area contributed by atoms with Crippen LogP contribution in [0.3, 0.4) is 0 Å². The zero-order chi connectivity index (χ0) is 10.8. The molecule has 0 aromatic carbocycles. The van der Waals surface area contributed by atoms with Crippen LogP contribution in [0.5, 0.6) is 0 Å². The van der Waals surface area contributed by atoms with Gasteiger partial charge in [-0.3, -0.25) is 0 Å². The van der Waals surface area contributed by atoms with Crippen molar-refractivity contribution in [3.8, 4) is 0 Å². The number of hydrogen-bond acceptors (Lipinski definition) is 6. The van der Waals surface area contributed by atoms with E-state index in [1.54, 1.807) is 0 Å². The zero-order valence-electron chi connectivity index (χ0n) is 7.87. The van der Waals surface area contributed by atoms with Gasteiger partial charge in [-0.1, -0.05) is 0 Å². The summed E-state index contributed by atoms with van der Waals surface area (Å²) in [5.41, 5.74) is 0. The fraction of sp³-hybridized carbons (Fsp3) is 0.875. The van der Waals surface area contributed by atoms with Crippen LogP contribution in [0.4, 0.5) is 0 Å². The number of fused-ring (bicyclic) bond motifs is 1. The summed E-state index contributed by atoms with van der Waals surface area (Å²) in [6, 6.07) is 0. The Morgan fingerprint density at radius 3 is 2.47 bits per heavy atom. The molecule has 0 aromatic rings. The quantitative estimate of drug-likeness (QED) is 0.587. The molecule has 0 bridgehead atoms. The highest BCUT2D eigenvalue weighted by Gasteiger charge is 2.46. The molecule has 2 rings (SSSR count). The van der Waals surface area contributed by atoms with Crippen LogP contribution in [-0.2, 0) is 23.7 Å². The number of ether oxygens (including phenoxy) is 4. The Morgan fingerprint density at radius 1 is 1.13 bits per heavy atom. The molecule has 2 saturated heterocycles. The first kappa shape index (κ1) is 10.8. The van der Waals surface area contributed by atoms with Gasteiger partial charge in [0, 0.05) is 0 Å². The molecule has 4 atom stereocenters. The van der Waals surface area contributed by atoms with Crippen LogP contribution in [0.1, 0.15) is 0 Å². The summed E-state index contributed by atoms with van der Waals surface area (Å²) in [6.07, 6.45) is -2.96. The van der Waals surface area contributed by atoms with Crippen LogP contribution in [0.25, 0.3) is 0 Å². The maximum absolute atomic E-state index is 10.8. The second kappa shape index (κ2) is 4.42. The van der Waals surface area contributed by atoms with Crippen LogP contribution in [0.15, 0.2) is 0 Å². The molecule has 2 fully saturated rings. The van der Waals surface area contributed by atoms with Gasteiger partial charge >= 0.3 is 5.97 Å². The molecule has 0 aromatic heterocycles. The van der Waals surface area contributed by atoms with Crippen molar-refractivity contribution in [2.75, 3.05) is 20.2 Å². The van der Waals surface area contributed by atoms with E-state index < -0.39 is 30.4 Å². The first-order chi connectivity index (χ1) is 7.24. The van der Waals surface area contributed by atoms with Crippen LogP contribution < -0.4 is 0 Å². The highest BCUT2D eigenvalue weighted by atomic mass is 16.8. The molecule has 15 heavy (non-hydrogen) atoms. The first-order valence-corrected chi connectivity index (χ1v) is 4.54. The van der Waals surface area contributed by atoms with Gasteiger partial charge in [-0.2, -0.15) is 0 Å². The van der Waals surface area contributed by atoms with E-state index in [0.717, 1.165) is 0 Å². The SMILES string of the molecule is O=C(O)C1OCOC2C(CO)OCOC12. The summed E-state index contributed by atoms with van der Waals surface area (Å²) >= 11 is 0. The lowest BCUT2D eigenvalue weighted by Crippen LogP contribution is -2.59. The van der Waals surface area contributed by atoms with Gasteiger partial charge in [-0.05, 0) is 0 Å². The summed E-state index contributed by atoms with van der Waals surface area (Å²) in [7, 11) is 0. The van der Waals surface area contributed by atoms with E-state index in [0.29, 0.717) is 0 Å². The molecular weight excluding hydrogens is 208 g/mol. The third-order valence-corrected chi connectivity index (χ3v) is 2.46. The van der Waals surface area contributed by atoms with Crippen molar-refractivity contribution in [2.45, 2.75) is 24.4 Å². The Bertz CT molecular complexity index is 243. The monoisotopic (exact) mass is 220 g/mol. The molecule has 2 N–H and O–H groups in total. The Hall–Kier alpha value is -0.730. The number of carboxylic acid groups (broad SMARTS) is 1. The molecule has 7 heteroatoms. The summed E-state index contributed by atoms with van der Waals surface area (Å²) in [5, 5.41) is 17.9. The van der Waals surface area contributed by atoms with Crippen LogP contribution in [0, 0.1) is 0 Å². The first-order valence-electron chi connectivity index (χ1n) is 4.54. The lowest BCUT2D eigenvalue weighted by Gasteiger charge is -2.42. The minimum Gasteiger partial charge on any atom is -0.479 e. The molecule has 4 unspecified atom stereocenters. The third kappa shape index (κ3) is 1.97. The van der Waals surface area contributed by atoms with Crippen molar-refractivity contribution in [3.05, 3.63) is 0 Å². The second-order valence-electron chi connectivity index (χ2n) is 3.31. The number of rotatable bonds is 2. The average Bonchev–Trinajstić information content (AvgIpc) is 2.27. The minimum absolute atomic E-state index is 0.0666. The highest BCUT2D eigenvalue weighted by molar-refractivity contribution is 5.73. The molecule has 2 aliphatic heterocycles. The molecule has 86 valence electrons. The molecule has 0 aliphatic carbocycles. The van der Waals surface area contributed by atoms with E-state index in [9.17, 15) is 4.79 Å². The normalized spacial score (nSPS) is 40.9. The highest BCUT2D eigenvalue weighted by Crippen LogP contribution is 2.25. The number of hydrogen-bond donors (Lipinski definition) is 2. The molecule has 0 amide bonds. The van der Waals surface area contributed by atoms with E-state index in [1.807, 2.05) is 0 Å². The average molecular weight is 220 g/mol. The molecule has 0 spiro atoms. The summed E-state index contributed by atoms with van der Waals surface area (Å²) in [4.78, 5) is 10.8. The van der Waals surface area contributed by atoms with Crippen molar-refractivity contribution in [2.24, 2.45) is 0 Å².